The zero-order chi connectivity index (χ0) is 10.3. The lowest BCUT2D eigenvalue weighted by atomic mass is 9.76. The first-order valence-corrected chi connectivity index (χ1v) is 4.12. The van der Waals surface area contributed by atoms with E-state index in [-0.39, 0.29) is 12.3 Å². The van der Waals surface area contributed by atoms with Crippen molar-refractivity contribution in [3.8, 4) is 0 Å². The van der Waals surface area contributed by atoms with E-state index in [9.17, 15) is 9.59 Å². The number of rotatable bonds is 0. The summed E-state index contributed by atoms with van der Waals surface area (Å²) in [5.41, 5.74) is -0.433. The van der Waals surface area contributed by atoms with Crippen molar-refractivity contribution in [2.24, 2.45) is 11.3 Å². The van der Waals surface area contributed by atoms with Gasteiger partial charge < -0.3 is 0 Å². The van der Waals surface area contributed by atoms with E-state index in [0.29, 0.717) is 6.42 Å². The molecule has 0 aromatic carbocycles. The monoisotopic (exact) mass is 170 g/mol. The number of imide groups is 1. The third kappa shape index (κ3) is 1.84. The van der Waals surface area contributed by atoms with Crippen molar-refractivity contribution >= 4 is 11.8 Å². The topological polar surface area (TPSA) is 46.2 Å². The number of carbonyl (C=O) groups excluding carboxylic acids is 2. The van der Waals surface area contributed by atoms with Crippen molar-refractivity contribution in [1.29, 1.82) is 0 Å². The van der Waals surface area contributed by atoms with Gasteiger partial charge in [0.05, 0.1) is 0 Å². The van der Waals surface area contributed by atoms with E-state index in [1.54, 1.807) is 0 Å². The second-order valence-electron chi connectivity index (χ2n) is 4.11. The Kier molecular flexibility index (Phi) is 1.87. The Bertz CT molecular complexity index is 257. The summed E-state index contributed by atoms with van der Waals surface area (Å²) in [6.45, 7) is 5.53. The molecule has 3 nitrogen and oxygen atoms in total. The van der Waals surface area contributed by atoms with Crippen LogP contribution in [0.2, 0.25) is 0 Å². The molecule has 1 rings (SSSR count). The zero-order valence-corrected chi connectivity index (χ0v) is 7.73. The molecule has 0 aromatic rings. The lowest BCUT2D eigenvalue weighted by Crippen LogP contribution is -2.45. The van der Waals surface area contributed by atoms with Crippen LogP contribution in [0.1, 0.15) is 35.0 Å². The maximum Gasteiger partial charge on any atom is 0.230 e. The fraction of sp³-hybridized carbons (Fsp3) is 0.778. The van der Waals surface area contributed by atoms with Crippen LogP contribution < -0.4 is 5.32 Å². The second-order valence-corrected chi connectivity index (χ2v) is 4.11. The molecule has 0 aromatic heterocycles. The van der Waals surface area contributed by atoms with Gasteiger partial charge in [0.1, 0.15) is 0 Å². The van der Waals surface area contributed by atoms with Gasteiger partial charge in [0.15, 0.2) is 0 Å². The van der Waals surface area contributed by atoms with Crippen molar-refractivity contribution in [1.82, 2.24) is 5.32 Å². The molecule has 3 heteroatoms. The second kappa shape index (κ2) is 2.88. The van der Waals surface area contributed by atoms with E-state index in [4.69, 9.17) is 1.37 Å². The van der Waals surface area contributed by atoms with Crippen LogP contribution in [0, 0.1) is 11.3 Å². The molecule has 2 amide bonds. The van der Waals surface area contributed by atoms with Gasteiger partial charge in [0.2, 0.25) is 11.8 Å². The quantitative estimate of drug-likeness (QED) is 0.553. The summed E-state index contributed by atoms with van der Waals surface area (Å²) in [6, 6.07) is 0. The predicted molar refractivity (Wildman–Crippen MR) is 45.3 cm³/mol. The third-order valence-electron chi connectivity index (χ3n) is 2.03. The van der Waals surface area contributed by atoms with Crippen LogP contribution in [0.3, 0.4) is 0 Å². The third-order valence-corrected chi connectivity index (χ3v) is 2.03. The zero-order valence-electron chi connectivity index (χ0n) is 8.73. The summed E-state index contributed by atoms with van der Waals surface area (Å²) in [6.07, 6.45) is 0.591. The summed E-state index contributed by atoms with van der Waals surface area (Å²) >= 11 is 0. The molecule has 1 aliphatic heterocycles. The highest BCUT2D eigenvalue weighted by atomic mass is 16.2. The molecule has 1 N–H and O–H groups in total. The SMILES string of the molecule is [2H]C1(C(C)(C)C)CCC(=O)NC1=O. The smallest absolute Gasteiger partial charge is 0.230 e. The lowest BCUT2D eigenvalue weighted by molar-refractivity contribution is -0.139. The highest BCUT2D eigenvalue weighted by Gasteiger charge is 2.35. The van der Waals surface area contributed by atoms with E-state index in [1.807, 2.05) is 20.8 Å². The van der Waals surface area contributed by atoms with Crippen molar-refractivity contribution < 1.29 is 11.0 Å². The minimum absolute atomic E-state index is 0.267. The molecule has 1 atom stereocenters. The fourth-order valence-corrected chi connectivity index (χ4v) is 1.33. The molecular weight excluding hydrogens is 154 g/mol. The number of hydrogen-bond donors (Lipinski definition) is 1. The molecular formula is C9H15NO2. The van der Waals surface area contributed by atoms with E-state index in [0.717, 1.165) is 0 Å². The molecule has 0 radical (unpaired) electrons. The largest absolute Gasteiger partial charge is 0.296 e. The van der Waals surface area contributed by atoms with Crippen LogP contribution in [0.4, 0.5) is 0 Å². The molecule has 0 spiro atoms. The van der Waals surface area contributed by atoms with Gasteiger partial charge >= 0.3 is 0 Å². The molecule has 12 heavy (non-hydrogen) atoms. The van der Waals surface area contributed by atoms with Gasteiger partial charge in [-0.3, -0.25) is 14.9 Å². The van der Waals surface area contributed by atoms with Crippen LogP contribution in [-0.2, 0) is 9.59 Å². The summed E-state index contributed by atoms with van der Waals surface area (Å²) in [5, 5.41) is 2.21. The molecule has 1 unspecified atom stereocenters. The van der Waals surface area contributed by atoms with Crippen LogP contribution in [0.5, 0.6) is 0 Å². The Labute approximate surface area is 73.9 Å². The molecule has 1 saturated heterocycles. The number of piperidine rings is 1. The standard InChI is InChI=1S/C9H15NO2/c1-9(2,3)6-4-5-7(11)10-8(6)12/h6H,4-5H2,1-3H3,(H,10,11,12)/i6D. The molecule has 1 heterocycles. The van der Waals surface area contributed by atoms with Crippen molar-refractivity contribution in [2.45, 2.75) is 33.6 Å². The minimum Gasteiger partial charge on any atom is -0.296 e. The number of amides is 2. The molecule has 1 fully saturated rings. The van der Waals surface area contributed by atoms with Crippen LogP contribution in [-0.4, -0.2) is 11.8 Å². The minimum atomic E-state index is -1.17. The van der Waals surface area contributed by atoms with Gasteiger partial charge in [0, 0.05) is 13.7 Å². The molecule has 1 aliphatic rings. The summed E-state index contributed by atoms with van der Waals surface area (Å²) < 4.78 is 8.00. The van der Waals surface area contributed by atoms with E-state index in [1.165, 1.54) is 0 Å². The highest BCUT2D eigenvalue weighted by molar-refractivity contribution is 5.98. The Hall–Kier alpha value is -0.860. The van der Waals surface area contributed by atoms with Gasteiger partial charge in [0.25, 0.3) is 0 Å². The molecule has 0 aliphatic carbocycles. The van der Waals surface area contributed by atoms with Crippen LogP contribution in [0.25, 0.3) is 0 Å². The Morgan fingerprint density at radius 3 is 2.50 bits per heavy atom. The van der Waals surface area contributed by atoms with Crippen LogP contribution >= 0.6 is 0 Å². The normalized spacial score (nSPS) is 32.8. The first-order chi connectivity index (χ1) is 5.77. The number of nitrogens with one attached hydrogen (secondary N) is 1. The summed E-state index contributed by atoms with van der Waals surface area (Å²) in [5.74, 6) is -1.89. The number of hydrogen-bond acceptors (Lipinski definition) is 2. The van der Waals surface area contributed by atoms with E-state index >= 15 is 0 Å². The van der Waals surface area contributed by atoms with Crippen molar-refractivity contribution in [3.05, 3.63) is 0 Å². The van der Waals surface area contributed by atoms with E-state index in [2.05, 4.69) is 5.32 Å². The predicted octanol–water partition coefficient (Wildman–Crippen LogP) is 1.09. The summed E-state index contributed by atoms with van der Waals surface area (Å²) in [7, 11) is 0. The fourth-order valence-electron chi connectivity index (χ4n) is 1.33. The highest BCUT2D eigenvalue weighted by Crippen LogP contribution is 2.31. The van der Waals surface area contributed by atoms with Gasteiger partial charge in [-0.1, -0.05) is 20.8 Å². The molecule has 68 valence electrons. The van der Waals surface area contributed by atoms with Crippen molar-refractivity contribution in [3.63, 3.8) is 0 Å². The number of carbonyl (C=O) groups is 2. The maximum absolute atomic E-state index is 11.5. The van der Waals surface area contributed by atoms with Gasteiger partial charge in [-0.25, -0.2) is 0 Å². The molecule has 0 bridgehead atoms. The average molecular weight is 170 g/mol. The Morgan fingerprint density at radius 1 is 1.50 bits per heavy atom. The van der Waals surface area contributed by atoms with Gasteiger partial charge in [-0.15, -0.1) is 0 Å². The summed E-state index contributed by atoms with van der Waals surface area (Å²) in [4.78, 5) is 22.3. The van der Waals surface area contributed by atoms with Gasteiger partial charge in [-0.2, -0.15) is 0 Å². The Balaban J connectivity index is 2.92. The average Bonchev–Trinajstić information content (AvgIpc) is 1.95. The molecule has 0 saturated carbocycles. The van der Waals surface area contributed by atoms with Gasteiger partial charge in [-0.05, 0) is 11.8 Å². The Morgan fingerprint density at radius 2 is 2.08 bits per heavy atom. The van der Waals surface area contributed by atoms with Crippen molar-refractivity contribution in [2.75, 3.05) is 0 Å². The first-order valence-electron chi connectivity index (χ1n) is 4.62. The first kappa shape index (κ1) is 7.77. The maximum atomic E-state index is 11.5. The van der Waals surface area contributed by atoms with Crippen LogP contribution in [0.15, 0.2) is 0 Å². The lowest BCUT2D eigenvalue weighted by Gasteiger charge is -2.31. The van der Waals surface area contributed by atoms with E-state index < -0.39 is 17.2 Å².